The number of rotatable bonds is 4. The van der Waals surface area contributed by atoms with Gasteiger partial charge in [0.2, 0.25) is 0 Å². The van der Waals surface area contributed by atoms with Crippen LogP contribution in [-0.2, 0) is 0 Å². The lowest BCUT2D eigenvalue weighted by Crippen LogP contribution is -2.24. The molecule has 1 unspecified atom stereocenters. The highest BCUT2D eigenvalue weighted by molar-refractivity contribution is 7.09. The summed E-state index contributed by atoms with van der Waals surface area (Å²) < 4.78 is 13.8. The Labute approximate surface area is 116 Å². The molecule has 1 aromatic heterocycles. The second kappa shape index (κ2) is 5.02. The molecule has 0 bridgehead atoms. The van der Waals surface area contributed by atoms with Gasteiger partial charge in [-0.3, -0.25) is 0 Å². The standard InChI is InChI=1S/C15H17FN2S/c1-9-3-4-11(7-13(9)16)14(18-12-5-6-12)15-17-10(2)8-19-15/h3-4,7-8,12,14,18H,5-6H2,1-2H3. The maximum atomic E-state index is 13.8. The average molecular weight is 276 g/mol. The quantitative estimate of drug-likeness (QED) is 0.920. The van der Waals surface area contributed by atoms with E-state index >= 15 is 0 Å². The van der Waals surface area contributed by atoms with Crippen molar-refractivity contribution < 1.29 is 4.39 Å². The topological polar surface area (TPSA) is 24.9 Å². The fraction of sp³-hybridized carbons (Fsp3) is 0.400. The van der Waals surface area contributed by atoms with Crippen LogP contribution in [0.2, 0.25) is 0 Å². The third-order valence-electron chi connectivity index (χ3n) is 3.39. The summed E-state index contributed by atoms with van der Waals surface area (Å²) >= 11 is 1.64. The first-order valence-electron chi connectivity index (χ1n) is 6.57. The molecule has 0 aliphatic heterocycles. The molecular formula is C15H17FN2S. The molecule has 2 nitrogen and oxygen atoms in total. The van der Waals surface area contributed by atoms with E-state index in [0.29, 0.717) is 11.6 Å². The largest absolute Gasteiger partial charge is 0.301 e. The molecule has 3 rings (SSSR count). The first-order valence-corrected chi connectivity index (χ1v) is 7.45. The Hall–Kier alpha value is -1.26. The first-order chi connectivity index (χ1) is 9.13. The lowest BCUT2D eigenvalue weighted by Gasteiger charge is -2.17. The van der Waals surface area contributed by atoms with E-state index in [1.54, 1.807) is 24.3 Å². The zero-order chi connectivity index (χ0) is 13.4. The molecule has 0 amide bonds. The van der Waals surface area contributed by atoms with Gasteiger partial charge < -0.3 is 5.32 Å². The van der Waals surface area contributed by atoms with Gasteiger partial charge in [-0.15, -0.1) is 11.3 Å². The van der Waals surface area contributed by atoms with Crippen molar-refractivity contribution in [3.63, 3.8) is 0 Å². The van der Waals surface area contributed by atoms with Crippen molar-refractivity contribution in [3.05, 3.63) is 51.2 Å². The van der Waals surface area contributed by atoms with Crippen LogP contribution in [0.5, 0.6) is 0 Å². The lowest BCUT2D eigenvalue weighted by molar-refractivity contribution is 0.581. The molecule has 1 aliphatic carbocycles. The van der Waals surface area contributed by atoms with Gasteiger partial charge in [-0.05, 0) is 43.9 Å². The SMILES string of the molecule is Cc1csc(C(NC2CC2)c2ccc(C)c(F)c2)n1. The number of benzene rings is 1. The second-order valence-corrected chi connectivity index (χ2v) is 6.10. The minimum absolute atomic E-state index is 0.0151. The number of aryl methyl sites for hydroxylation is 2. The number of nitrogens with zero attached hydrogens (tertiary/aromatic N) is 1. The van der Waals surface area contributed by atoms with E-state index in [2.05, 4.69) is 10.3 Å². The van der Waals surface area contributed by atoms with Crippen LogP contribution in [0.3, 0.4) is 0 Å². The number of hydrogen-bond acceptors (Lipinski definition) is 3. The van der Waals surface area contributed by atoms with Crippen molar-refractivity contribution >= 4 is 11.3 Å². The second-order valence-electron chi connectivity index (χ2n) is 5.21. The fourth-order valence-corrected chi connectivity index (χ4v) is 2.97. The van der Waals surface area contributed by atoms with Crippen LogP contribution in [0.15, 0.2) is 23.6 Å². The van der Waals surface area contributed by atoms with Crippen molar-refractivity contribution in [3.8, 4) is 0 Å². The van der Waals surface area contributed by atoms with Crippen molar-refractivity contribution in [1.29, 1.82) is 0 Å². The van der Waals surface area contributed by atoms with Gasteiger partial charge in [0, 0.05) is 17.1 Å². The van der Waals surface area contributed by atoms with E-state index in [4.69, 9.17) is 0 Å². The summed E-state index contributed by atoms with van der Waals surface area (Å²) in [5, 5.41) is 6.63. The number of nitrogens with one attached hydrogen (secondary N) is 1. The number of halogens is 1. The summed E-state index contributed by atoms with van der Waals surface area (Å²) in [5.41, 5.74) is 2.67. The molecule has 1 saturated carbocycles. The summed E-state index contributed by atoms with van der Waals surface area (Å²) in [6.07, 6.45) is 2.41. The molecule has 19 heavy (non-hydrogen) atoms. The summed E-state index contributed by atoms with van der Waals surface area (Å²) in [7, 11) is 0. The first kappa shape index (κ1) is 12.8. The van der Waals surface area contributed by atoms with Gasteiger partial charge in [0.15, 0.2) is 0 Å². The van der Waals surface area contributed by atoms with E-state index < -0.39 is 0 Å². The van der Waals surface area contributed by atoms with Crippen LogP contribution in [0, 0.1) is 19.7 Å². The molecule has 1 fully saturated rings. The molecule has 1 aromatic carbocycles. The molecule has 0 radical (unpaired) electrons. The maximum absolute atomic E-state index is 13.8. The predicted octanol–water partition coefficient (Wildman–Crippen LogP) is 3.74. The highest BCUT2D eigenvalue weighted by Crippen LogP contribution is 2.31. The van der Waals surface area contributed by atoms with Crippen LogP contribution >= 0.6 is 11.3 Å². The van der Waals surface area contributed by atoms with E-state index in [-0.39, 0.29) is 11.9 Å². The van der Waals surface area contributed by atoms with Gasteiger partial charge in [-0.1, -0.05) is 12.1 Å². The summed E-state index contributed by atoms with van der Waals surface area (Å²) in [6.45, 7) is 3.78. The van der Waals surface area contributed by atoms with Crippen molar-refractivity contribution in [2.75, 3.05) is 0 Å². The Morgan fingerprint density at radius 2 is 2.16 bits per heavy atom. The number of aromatic nitrogens is 1. The Morgan fingerprint density at radius 3 is 2.74 bits per heavy atom. The highest BCUT2D eigenvalue weighted by atomic mass is 32.1. The van der Waals surface area contributed by atoms with Gasteiger partial charge in [0.25, 0.3) is 0 Å². The van der Waals surface area contributed by atoms with Crippen molar-refractivity contribution in [2.45, 2.75) is 38.8 Å². The van der Waals surface area contributed by atoms with Gasteiger partial charge in [-0.2, -0.15) is 0 Å². The van der Waals surface area contributed by atoms with Gasteiger partial charge >= 0.3 is 0 Å². The van der Waals surface area contributed by atoms with Crippen molar-refractivity contribution in [1.82, 2.24) is 10.3 Å². The monoisotopic (exact) mass is 276 g/mol. The maximum Gasteiger partial charge on any atom is 0.126 e. The summed E-state index contributed by atoms with van der Waals surface area (Å²) in [5.74, 6) is -0.145. The van der Waals surface area contributed by atoms with Crippen molar-refractivity contribution in [2.24, 2.45) is 0 Å². The van der Waals surface area contributed by atoms with Gasteiger partial charge in [-0.25, -0.2) is 9.37 Å². The average Bonchev–Trinajstić information content (AvgIpc) is 3.11. The Bertz CT molecular complexity index is 590. The zero-order valence-corrected chi connectivity index (χ0v) is 11.9. The summed E-state index contributed by atoms with van der Waals surface area (Å²) in [4.78, 5) is 4.55. The zero-order valence-electron chi connectivity index (χ0n) is 11.1. The van der Waals surface area contributed by atoms with E-state index in [0.717, 1.165) is 16.3 Å². The van der Waals surface area contributed by atoms with Gasteiger partial charge in [0.1, 0.15) is 10.8 Å². The molecule has 0 spiro atoms. The predicted molar refractivity (Wildman–Crippen MR) is 76.0 cm³/mol. The molecule has 1 heterocycles. The third kappa shape index (κ3) is 2.85. The van der Waals surface area contributed by atoms with Crippen LogP contribution in [0.1, 0.15) is 40.7 Å². The molecule has 1 atom stereocenters. The molecule has 1 aliphatic rings. The smallest absolute Gasteiger partial charge is 0.126 e. The molecule has 1 N–H and O–H groups in total. The Balaban J connectivity index is 1.95. The molecule has 4 heteroatoms. The normalized spacial score (nSPS) is 16.6. The molecule has 2 aromatic rings. The minimum atomic E-state index is -0.145. The van der Waals surface area contributed by atoms with E-state index in [1.807, 2.05) is 24.4 Å². The van der Waals surface area contributed by atoms with E-state index in [9.17, 15) is 4.39 Å². The molecular weight excluding hydrogens is 259 g/mol. The summed E-state index contributed by atoms with van der Waals surface area (Å²) in [6, 6.07) is 6.04. The Morgan fingerprint density at radius 1 is 1.37 bits per heavy atom. The van der Waals surface area contributed by atoms with Crippen LogP contribution in [0.4, 0.5) is 4.39 Å². The fourth-order valence-electron chi connectivity index (χ4n) is 2.09. The highest BCUT2D eigenvalue weighted by Gasteiger charge is 2.28. The van der Waals surface area contributed by atoms with Crippen LogP contribution < -0.4 is 5.32 Å². The number of hydrogen-bond donors (Lipinski definition) is 1. The Kier molecular flexibility index (Phi) is 3.37. The lowest BCUT2D eigenvalue weighted by atomic mass is 10.0. The third-order valence-corrected chi connectivity index (χ3v) is 4.42. The van der Waals surface area contributed by atoms with Crippen LogP contribution in [0.25, 0.3) is 0 Å². The van der Waals surface area contributed by atoms with E-state index in [1.165, 1.54) is 12.8 Å². The molecule has 100 valence electrons. The van der Waals surface area contributed by atoms with Crippen LogP contribution in [-0.4, -0.2) is 11.0 Å². The number of thiazole rings is 1. The molecule has 0 saturated heterocycles. The van der Waals surface area contributed by atoms with Gasteiger partial charge in [0.05, 0.1) is 6.04 Å². The minimum Gasteiger partial charge on any atom is -0.301 e.